The number of nitrogens with one attached hydrogen (secondary N) is 2. The fraction of sp³-hybridized carbons (Fsp3) is 0.611. The normalized spacial score (nSPS) is 18.4. The maximum absolute atomic E-state index is 12.5. The second-order valence-electron chi connectivity index (χ2n) is 6.41. The van der Waals surface area contributed by atoms with E-state index in [1.165, 1.54) is 4.90 Å². The van der Waals surface area contributed by atoms with Crippen LogP contribution in [-0.4, -0.2) is 70.5 Å². The number of benzene rings is 1. The van der Waals surface area contributed by atoms with E-state index in [0.29, 0.717) is 38.4 Å². The van der Waals surface area contributed by atoms with E-state index in [9.17, 15) is 13.2 Å². The maximum Gasteiger partial charge on any atom is 0.401 e. The third-order valence-electron chi connectivity index (χ3n) is 4.41. The lowest BCUT2D eigenvalue weighted by Crippen LogP contribution is -2.45. The van der Waals surface area contributed by atoms with Gasteiger partial charge in [0, 0.05) is 32.7 Å². The molecular weight excluding hydrogens is 361 g/mol. The van der Waals surface area contributed by atoms with Crippen molar-refractivity contribution in [2.24, 2.45) is 4.99 Å². The Bertz CT molecular complexity index is 638. The smallest absolute Gasteiger partial charge is 0.401 e. The zero-order valence-corrected chi connectivity index (χ0v) is 15.9. The Morgan fingerprint density at radius 1 is 1.30 bits per heavy atom. The van der Waals surface area contributed by atoms with Crippen LogP contribution in [0.3, 0.4) is 0 Å². The molecule has 1 aliphatic heterocycles. The number of nitrogens with zero attached hydrogens (tertiary/aromatic N) is 2. The van der Waals surface area contributed by atoms with Crippen LogP contribution in [0.1, 0.15) is 12.0 Å². The van der Waals surface area contributed by atoms with Crippen molar-refractivity contribution in [1.82, 2.24) is 15.5 Å². The lowest BCUT2D eigenvalue weighted by molar-refractivity contribution is -0.143. The molecule has 1 unspecified atom stereocenters. The second kappa shape index (κ2) is 9.68. The van der Waals surface area contributed by atoms with Gasteiger partial charge < -0.3 is 20.1 Å². The molecule has 0 saturated carbocycles. The average Bonchev–Trinajstić information content (AvgIpc) is 3.05. The minimum Gasteiger partial charge on any atom is -0.497 e. The van der Waals surface area contributed by atoms with E-state index < -0.39 is 12.7 Å². The van der Waals surface area contributed by atoms with Crippen LogP contribution in [0.25, 0.3) is 0 Å². The van der Waals surface area contributed by atoms with Gasteiger partial charge >= 0.3 is 6.18 Å². The average molecular weight is 388 g/mol. The van der Waals surface area contributed by atoms with Crippen molar-refractivity contribution >= 4 is 5.96 Å². The molecule has 1 aromatic rings. The van der Waals surface area contributed by atoms with Crippen molar-refractivity contribution in [2.75, 3.05) is 47.4 Å². The number of rotatable bonds is 7. The second-order valence-corrected chi connectivity index (χ2v) is 6.41. The molecule has 2 rings (SSSR count). The largest absolute Gasteiger partial charge is 0.497 e. The molecule has 1 aromatic carbocycles. The summed E-state index contributed by atoms with van der Waals surface area (Å²) in [6, 6.07) is 5.56. The van der Waals surface area contributed by atoms with E-state index in [1.54, 1.807) is 21.3 Å². The lowest BCUT2D eigenvalue weighted by Gasteiger charge is -2.20. The van der Waals surface area contributed by atoms with Gasteiger partial charge in [0.2, 0.25) is 0 Å². The summed E-state index contributed by atoms with van der Waals surface area (Å²) in [6.45, 7) is 0.508. The molecule has 27 heavy (non-hydrogen) atoms. The molecule has 1 fully saturated rings. The van der Waals surface area contributed by atoms with Gasteiger partial charge in [-0.1, -0.05) is 0 Å². The van der Waals surface area contributed by atoms with E-state index in [1.807, 2.05) is 18.2 Å². The Morgan fingerprint density at radius 2 is 2.07 bits per heavy atom. The van der Waals surface area contributed by atoms with E-state index >= 15 is 0 Å². The molecule has 0 spiro atoms. The van der Waals surface area contributed by atoms with Crippen LogP contribution in [-0.2, 0) is 6.42 Å². The van der Waals surface area contributed by atoms with Crippen LogP contribution in [0.5, 0.6) is 11.5 Å². The number of hydrogen-bond acceptors (Lipinski definition) is 4. The van der Waals surface area contributed by atoms with Crippen LogP contribution < -0.4 is 20.1 Å². The molecule has 152 valence electrons. The minimum atomic E-state index is -4.16. The Kier molecular flexibility index (Phi) is 7.58. The number of likely N-dealkylation sites (tertiary alicyclic amines) is 1. The lowest BCUT2D eigenvalue weighted by atomic mass is 10.1. The van der Waals surface area contributed by atoms with Gasteiger partial charge in [-0.3, -0.25) is 9.89 Å². The number of ether oxygens (including phenoxy) is 2. The molecule has 1 atom stereocenters. The number of halogens is 3. The molecule has 0 aromatic heterocycles. The van der Waals surface area contributed by atoms with Gasteiger partial charge in [0.15, 0.2) is 5.96 Å². The first kappa shape index (κ1) is 21.1. The summed E-state index contributed by atoms with van der Waals surface area (Å²) in [5.41, 5.74) is 0.997. The Hall–Kier alpha value is -2.16. The van der Waals surface area contributed by atoms with Crippen LogP contribution in [0.15, 0.2) is 23.2 Å². The molecule has 6 nitrogen and oxygen atoms in total. The number of guanidine groups is 1. The van der Waals surface area contributed by atoms with Gasteiger partial charge in [-0.05, 0) is 36.6 Å². The van der Waals surface area contributed by atoms with E-state index in [-0.39, 0.29) is 6.04 Å². The summed E-state index contributed by atoms with van der Waals surface area (Å²) < 4.78 is 48.1. The number of alkyl halides is 3. The molecule has 1 heterocycles. The van der Waals surface area contributed by atoms with Gasteiger partial charge in [-0.25, -0.2) is 0 Å². The van der Waals surface area contributed by atoms with Crippen molar-refractivity contribution in [3.05, 3.63) is 23.8 Å². The first-order chi connectivity index (χ1) is 12.8. The molecule has 1 saturated heterocycles. The number of aliphatic imine (C=N–C) groups is 1. The summed E-state index contributed by atoms with van der Waals surface area (Å²) in [4.78, 5) is 5.57. The molecule has 0 amide bonds. The minimum absolute atomic E-state index is 0.0510. The van der Waals surface area contributed by atoms with E-state index in [4.69, 9.17) is 9.47 Å². The third kappa shape index (κ3) is 6.82. The zero-order valence-electron chi connectivity index (χ0n) is 15.9. The number of methoxy groups -OCH3 is 2. The summed E-state index contributed by atoms with van der Waals surface area (Å²) in [5.74, 6) is 2.11. The fourth-order valence-corrected chi connectivity index (χ4v) is 3.13. The van der Waals surface area contributed by atoms with Crippen LogP contribution in [0.2, 0.25) is 0 Å². The first-order valence-corrected chi connectivity index (χ1v) is 8.82. The van der Waals surface area contributed by atoms with Gasteiger partial charge in [-0.15, -0.1) is 0 Å². The van der Waals surface area contributed by atoms with Crippen LogP contribution in [0, 0.1) is 0 Å². The number of hydrogen-bond donors (Lipinski definition) is 2. The molecule has 0 bridgehead atoms. The van der Waals surface area contributed by atoms with Crippen molar-refractivity contribution in [2.45, 2.75) is 25.1 Å². The van der Waals surface area contributed by atoms with Gasteiger partial charge in [0.25, 0.3) is 0 Å². The topological polar surface area (TPSA) is 58.1 Å². The van der Waals surface area contributed by atoms with E-state index in [2.05, 4.69) is 15.6 Å². The maximum atomic E-state index is 12.5. The highest BCUT2D eigenvalue weighted by Gasteiger charge is 2.34. The van der Waals surface area contributed by atoms with Gasteiger partial charge in [0.05, 0.1) is 20.8 Å². The van der Waals surface area contributed by atoms with Crippen molar-refractivity contribution < 1.29 is 22.6 Å². The monoisotopic (exact) mass is 388 g/mol. The van der Waals surface area contributed by atoms with Crippen LogP contribution >= 0.6 is 0 Å². The highest BCUT2D eigenvalue weighted by atomic mass is 19.4. The Labute approximate surface area is 157 Å². The summed E-state index contributed by atoms with van der Waals surface area (Å²) >= 11 is 0. The van der Waals surface area contributed by atoms with Crippen molar-refractivity contribution in [1.29, 1.82) is 0 Å². The third-order valence-corrected chi connectivity index (χ3v) is 4.41. The summed E-state index contributed by atoms with van der Waals surface area (Å²) in [5, 5.41) is 6.39. The van der Waals surface area contributed by atoms with Crippen molar-refractivity contribution in [3.8, 4) is 11.5 Å². The van der Waals surface area contributed by atoms with E-state index in [0.717, 1.165) is 17.1 Å². The Balaban J connectivity index is 1.81. The first-order valence-electron chi connectivity index (χ1n) is 8.82. The molecule has 1 aliphatic rings. The molecule has 0 aliphatic carbocycles. The van der Waals surface area contributed by atoms with Gasteiger partial charge in [0.1, 0.15) is 11.5 Å². The molecule has 9 heteroatoms. The predicted molar refractivity (Wildman–Crippen MR) is 98.6 cm³/mol. The van der Waals surface area contributed by atoms with Crippen LogP contribution in [0.4, 0.5) is 13.2 Å². The quantitative estimate of drug-likeness (QED) is 0.553. The van der Waals surface area contributed by atoms with Crippen molar-refractivity contribution in [3.63, 3.8) is 0 Å². The molecule has 0 radical (unpaired) electrons. The zero-order chi connectivity index (χ0) is 19.9. The summed E-state index contributed by atoms with van der Waals surface area (Å²) in [6.07, 6.45) is -2.82. The molecular formula is C18H27F3N4O2. The summed E-state index contributed by atoms with van der Waals surface area (Å²) in [7, 11) is 4.87. The highest BCUT2D eigenvalue weighted by Crippen LogP contribution is 2.24. The highest BCUT2D eigenvalue weighted by molar-refractivity contribution is 5.80. The Morgan fingerprint density at radius 3 is 2.70 bits per heavy atom. The SMILES string of the molecule is CN=C(NCCc1cc(OC)ccc1OC)NC1CCN(CC(F)(F)F)C1. The molecule has 2 N–H and O–H groups in total. The predicted octanol–water partition coefficient (Wildman–Crippen LogP) is 2.05. The standard InChI is InChI=1S/C18H27F3N4O2/c1-22-17(24-14-7-9-25(11-14)12-18(19,20)21)23-8-6-13-10-15(26-2)4-5-16(13)27-3/h4-5,10,14H,6-9,11-12H2,1-3H3,(H2,22,23,24). The van der Waals surface area contributed by atoms with Gasteiger partial charge in [-0.2, -0.15) is 13.2 Å². The fourth-order valence-electron chi connectivity index (χ4n) is 3.13.